The van der Waals surface area contributed by atoms with Crippen LogP contribution >= 0.6 is 11.6 Å². The molecule has 1 fully saturated rings. The van der Waals surface area contributed by atoms with E-state index >= 15 is 0 Å². The highest BCUT2D eigenvalue weighted by Gasteiger charge is 2.49. The number of amides is 4. The summed E-state index contributed by atoms with van der Waals surface area (Å²) in [5.41, 5.74) is -0.610. The van der Waals surface area contributed by atoms with E-state index in [4.69, 9.17) is 11.6 Å². The number of hydrogen-bond acceptors (Lipinski definition) is 5. The number of nitro groups is 1. The van der Waals surface area contributed by atoms with Crippen LogP contribution in [0.1, 0.15) is 18.1 Å². The van der Waals surface area contributed by atoms with E-state index in [1.54, 1.807) is 37.3 Å². The Morgan fingerprint density at radius 1 is 1.24 bits per heavy atom. The first kappa shape index (κ1) is 20.3. The molecule has 3 rings (SSSR count). The van der Waals surface area contributed by atoms with Crippen molar-refractivity contribution >= 4 is 40.8 Å². The van der Waals surface area contributed by atoms with Crippen LogP contribution in [-0.2, 0) is 15.1 Å². The van der Waals surface area contributed by atoms with Crippen molar-refractivity contribution in [3.05, 3.63) is 68.7 Å². The second kappa shape index (κ2) is 7.51. The number of nitrogens with one attached hydrogen (secondary N) is 2. The number of para-hydroxylation sites is 1. The summed E-state index contributed by atoms with van der Waals surface area (Å²) in [6, 6.07) is 10.0. The van der Waals surface area contributed by atoms with Gasteiger partial charge in [0, 0.05) is 11.1 Å². The molecule has 1 atom stereocenters. The number of rotatable bonds is 5. The van der Waals surface area contributed by atoms with E-state index in [1.807, 2.05) is 0 Å². The van der Waals surface area contributed by atoms with Crippen LogP contribution in [0.4, 0.5) is 16.2 Å². The van der Waals surface area contributed by atoms with Crippen molar-refractivity contribution in [1.29, 1.82) is 0 Å². The second-order valence-corrected chi connectivity index (χ2v) is 7.16. The lowest BCUT2D eigenvalue weighted by molar-refractivity contribution is -0.384. The van der Waals surface area contributed by atoms with Crippen LogP contribution in [0.3, 0.4) is 0 Å². The summed E-state index contributed by atoms with van der Waals surface area (Å²) in [5, 5.41) is 16.7. The summed E-state index contributed by atoms with van der Waals surface area (Å²) in [6.45, 7) is 2.55. The molecule has 0 aliphatic carbocycles. The van der Waals surface area contributed by atoms with E-state index in [0.717, 1.165) is 4.90 Å². The third kappa shape index (κ3) is 3.77. The molecule has 2 aromatic rings. The third-order valence-corrected chi connectivity index (χ3v) is 4.96. The number of urea groups is 1. The number of aryl methyl sites for hydroxylation is 1. The fourth-order valence-corrected chi connectivity index (χ4v) is 3.24. The molecule has 0 spiro atoms. The van der Waals surface area contributed by atoms with Crippen molar-refractivity contribution in [2.75, 3.05) is 11.9 Å². The molecule has 1 saturated heterocycles. The Labute approximate surface area is 170 Å². The lowest BCUT2D eigenvalue weighted by Gasteiger charge is -2.22. The van der Waals surface area contributed by atoms with Crippen LogP contribution in [0.5, 0.6) is 0 Å². The standard InChI is InChI=1S/C19H17ClN4O5/c1-11-4-3-5-14(24(28)29)16(11)21-15(25)10-23-17(26)19(2,22-18(23)27)12-6-8-13(20)9-7-12/h3-9H,10H2,1-2H3,(H,21,25)(H,22,27)/t19-/m1/s1. The SMILES string of the molecule is Cc1cccc([N+](=O)[O-])c1NC(=O)CN1C(=O)N[C@](C)(c2ccc(Cl)cc2)C1=O. The van der Waals surface area contributed by atoms with Gasteiger partial charge in [-0.1, -0.05) is 35.9 Å². The average Bonchev–Trinajstić information content (AvgIpc) is 2.87. The van der Waals surface area contributed by atoms with Crippen LogP contribution < -0.4 is 10.6 Å². The molecule has 9 nitrogen and oxygen atoms in total. The minimum Gasteiger partial charge on any atom is -0.319 e. The van der Waals surface area contributed by atoms with E-state index in [1.165, 1.54) is 19.1 Å². The molecule has 1 heterocycles. The first-order valence-electron chi connectivity index (χ1n) is 8.57. The second-order valence-electron chi connectivity index (χ2n) is 6.73. The third-order valence-electron chi connectivity index (χ3n) is 4.71. The van der Waals surface area contributed by atoms with E-state index in [-0.39, 0.29) is 11.4 Å². The number of hydrogen-bond donors (Lipinski definition) is 2. The fraction of sp³-hybridized carbons (Fsp3) is 0.211. The van der Waals surface area contributed by atoms with Crippen LogP contribution in [0.2, 0.25) is 5.02 Å². The largest absolute Gasteiger partial charge is 0.325 e. The van der Waals surface area contributed by atoms with E-state index in [2.05, 4.69) is 10.6 Å². The number of nitrogens with zero attached hydrogens (tertiary/aromatic N) is 2. The van der Waals surface area contributed by atoms with Crippen LogP contribution in [-0.4, -0.2) is 34.2 Å². The summed E-state index contributed by atoms with van der Waals surface area (Å²) in [6.07, 6.45) is 0. The molecule has 29 heavy (non-hydrogen) atoms. The normalized spacial score (nSPS) is 18.5. The molecule has 4 amide bonds. The van der Waals surface area contributed by atoms with E-state index in [0.29, 0.717) is 16.1 Å². The maximum Gasteiger partial charge on any atom is 0.325 e. The quantitative estimate of drug-likeness (QED) is 0.441. The Hall–Kier alpha value is -3.46. The molecule has 0 aromatic heterocycles. The number of carbonyl (C=O) groups excluding carboxylic acids is 3. The number of carbonyl (C=O) groups is 3. The first-order chi connectivity index (χ1) is 13.6. The molecule has 1 aliphatic rings. The van der Waals surface area contributed by atoms with Crippen molar-refractivity contribution in [2.24, 2.45) is 0 Å². The lowest BCUT2D eigenvalue weighted by atomic mass is 9.92. The Bertz CT molecular complexity index is 1020. The minimum atomic E-state index is -1.35. The highest BCUT2D eigenvalue weighted by atomic mass is 35.5. The summed E-state index contributed by atoms with van der Waals surface area (Å²) in [5.74, 6) is -1.34. The molecule has 10 heteroatoms. The number of halogens is 1. The minimum absolute atomic E-state index is 0.0232. The predicted octanol–water partition coefficient (Wildman–Crippen LogP) is 2.96. The maximum absolute atomic E-state index is 12.9. The van der Waals surface area contributed by atoms with Crippen LogP contribution in [0.25, 0.3) is 0 Å². The average molecular weight is 417 g/mol. The van der Waals surface area contributed by atoms with Gasteiger partial charge < -0.3 is 10.6 Å². The molecule has 150 valence electrons. The molecule has 2 N–H and O–H groups in total. The smallest absolute Gasteiger partial charge is 0.319 e. The zero-order chi connectivity index (χ0) is 21.3. The Balaban J connectivity index is 1.80. The van der Waals surface area contributed by atoms with Gasteiger partial charge in [0.2, 0.25) is 5.91 Å². The van der Waals surface area contributed by atoms with Gasteiger partial charge in [-0.3, -0.25) is 24.6 Å². The van der Waals surface area contributed by atoms with Gasteiger partial charge in [0.25, 0.3) is 11.6 Å². The molecular weight excluding hydrogens is 400 g/mol. The van der Waals surface area contributed by atoms with Crippen molar-refractivity contribution in [2.45, 2.75) is 19.4 Å². The maximum atomic E-state index is 12.9. The zero-order valence-corrected chi connectivity index (χ0v) is 16.3. The lowest BCUT2D eigenvalue weighted by Crippen LogP contribution is -2.42. The Kier molecular flexibility index (Phi) is 5.25. The summed E-state index contributed by atoms with van der Waals surface area (Å²) < 4.78 is 0. The summed E-state index contributed by atoms with van der Waals surface area (Å²) >= 11 is 5.87. The van der Waals surface area contributed by atoms with Gasteiger partial charge in [-0.2, -0.15) is 0 Å². The summed E-state index contributed by atoms with van der Waals surface area (Å²) in [7, 11) is 0. The first-order valence-corrected chi connectivity index (χ1v) is 8.95. The topological polar surface area (TPSA) is 122 Å². The molecular formula is C19H17ClN4O5. The number of anilines is 1. The van der Waals surface area contributed by atoms with Crippen LogP contribution in [0.15, 0.2) is 42.5 Å². The van der Waals surface area contributed by atoms with Gasteiger partial charge in [0.15, 0.2) is 0 Å². The highest BCUT2D eigenvalue weighted by molar-refractivity contribution is 6.30. The van der Waals surface area contributed by atoms with Crippen molar-refractivity contribution in [1.82, 2.24) is 10.2 Å². The molecule has 0 unspecified atom stereocenters. The Morgan fingerprint density at radius 2 is 1.90 bits per heavy atom. The molecule has 1 aliphatic heterocycles. The van der Waals surface area contributed by atoms with Gasteiger partial charge >= 0.3 is 6.03 Å². The van der Waals surface area contributed by atoms with E-state index in [9.17, 15) is 24.5 Å². The van der Waals surface area contributed by atoms with Crippen molar-refractivity contribution in [3.63, 3.8) is 0 Å². The molecule has 0 saturated carbocycles. The van der Waals surface area contributed by atoms with E-state index < -0.39 is 34.9 Å². The van der Waals surface area contributed by atoms with Gasteiger partial charge in [-0.25, -0.2) is 4.79 Å². The van der Waals surface area contributed by atoms with Gasteiger partial charge in [0.05, 0.1) is 4.92 Å². The van der Waals surface area contributed by atoms with Crippen molar-refractivity contribution in [3.8, 4) is 0 Å². The fourth-order valence-electron chi connectivity index (χ4n) is 3.11. The molecule has 0 bridgehead atoms. The summed E-state index contributed by atoms with van der Waals surface area (Å²) in [4.78, 5) is 49.0. The van der Waals surface area contributed by atoms with Gasteiger partial charge in [-0.05, 0) is 37.1 Å². The highest BCUT2D eigenvalue weighted by Crippen LogP contribution is 2.30. The zero-order valence-electron chi connectivity index (χ0n) is 15.6. The monoisotopic (exact) mass is 416 g/mol. The molecule has 0 radical (unpaired) electrons. The predicted molar refractivity (Wildman–Crippen MR) is 106 cm³/mol. The van der Waals surface area contributed by atoms with Gasteiger partial charge in [0.1, 0.15) is 17.8 Å². The Morgan fingerprint density at radius 3 is 2.52 bits per heavy atom. The number of imide groups is 1. The van der Waals surface area contributed by atoms with Crippen LogP contribution in [0, 0.1) is 17.0 Å². The van der Waals surface area contributed by atoms with Gasteiger partial charge in [-0.15, -0.1) is 0 Å². The van der Waals surface area contributed by atoms with Crippen molar-refractivity contribution < 1.29 is 19.3 Å². The number of nitro benzene ring substituents is 1. The number of benzene rings is 2. The molecule has 2 aromatic carbocycles.